The maximum Gasteiger partial charge on any atom is 0.238 e. The molecule has 2 N–H and O–H groups in total. The highest BCUT2D eigenvalue weighted by molar-refractivity contribution is 6.09. The summed E-state index contributed by atoms with van der Waals surface area (Å²) < 4.78 is 8.13. The van der Waals surface area contributed by atoms with E-state index in [0.29, 0.717) is 63.4 Å². The standard InChI is InChI=1S/C56H75N11O4/c1-36(2)66-35-59-48-30-47(61-52(51(48)66)60-42-11-12-42)38-9-13-46-49(27-38)67(44-28-43(29-44)62-20-5-4-6-21-62)55(70)56(46)17-24-64(25-18-56)54(69)41-26-45(71-3)34-65(33-41)53(68)37-15-22-63(23-16-37)50-14-10-40(32-58-50)39-8-7-19-57-31-39/h9-10,13-14,27,30,32,35-37,39,41-45,57H,4-8,11-12,15-26,28-29,31,33-34H2,1-3H3,(H,60,61). The Bertz CT molecular complexity index is 2600. The van der Waals surface area contributed by atoms with Crippen molar-refractivity contribution in [2.75, 3.05) is 87.7 Å². The molecule has 378 valence electrons. The Kier molecular flexibility index (Phi) is 12.8. The summed E-state index contributed by atoms with van der Waals surface area (Å²) in [4.78, 5) is 70.3. The quantitative estimate of drug-likeness (QED) is 0.159. The highest BCUT2D eigenvalue weighted by atomic mass is 16.5. The van der Waals surface area contributed by atoms with E-state index in [1.54, 1.807) is 7.11 Å². The number of hydrogen-bond donors (Lipinski definition) is 2. The van der Waals surface area contributed by atoms with Crippen molar-refractivity contribution in [2.45, 2.75) is 145 Å². The van der Waals surface area contributed by atoms with Gasteiger partial charge in [-0.3, -0.25) is 14.4 Å². The molecule has 1 aromatic carbocycles. The van der Waals surface area contributed by atoms with Gasteiger partial charge in [0.05, 0.1) is 35.0 Å². The second-order valence-corrected chi connectivity index (χ2v) is 22.9. The third-order valence-electron chi connectivity index (χ3n) is 18.1. The zero-order valence-electron chi connectivity index (χ0n) is 42.4. The lowest BCUT2D eigenvalue weighted by molar-refractivity contribution is -0.149. The van der Waals surface area contributed by atoms with Crippen molar-refractivity contribution >= 4 is 46.1 Å². The summed E-state index contributed by atoms with van der Waals surface area (Å²) in [6.07, 6.45) is 17.5. The highest BCUT2D eigenvalue weighted by Gasteiger charge is 2.56. The molecule has 1 spiro atoms. The number of carbonyl (C=O) groups excluding carboxylic acids is 3. The molecule has 9 heterocycles. The average molecular weight is 966 g/mol. The number of rotatable bonds is 11. The first-order valence-electron chi connectivity index (χ1n) is 27.5. The van der Waals surface area contributed by atoms with E-state index in [4.69, 9.17) is 19.7 Å². The molecule has 3 unspecified atom stereocenters. The van der Waals surface area contributed by atoms with Crippen LogP contribution in [0.4, 0.5) is 17.3 Å². The molecule has 2 aliphatic carbocycles. The van der Waals surface area contributed by atoms with E-state index in [0.717, 1.165) is 123 Å². The van der Waals surface area contributed by atoms with E-state index >= 15 is 4.79 Å². The van der Waals surface area contributed by atoms with Crippen molar-refractivity contribution in [3.05, 3.63) is 60.0 Å². The number of imidazole rings is 1. The molecule has 0 radical (unpaired) electrons. The maximum atomic E-state index is 15.3. The Hall–Kier alpha value is -5.12. The van der Waals surface area contributed by atoms with Gasteiger partial charge in [0.2, 0.25) is 17.7 Å². The van der Waals surface area contributed by atoms with Gasteiger partial charge < -0.3 is 44.4 Å². The lowest BCUT2D eigenvalue weighted by atomic mass is 9.73. The molecule has 4 aromatic rings. The number of benzene rings is 1. The van der Waals surface area contributed by atoms with Crippen LogP contribution in [0.15, 0.2) is 48.9 Å². The van der Waals surface area contributed by atoms with E-state index < -0.39 is 5.41 Å². The third-order valence-corrected chi connectivity index (χ3v) is 18.1. The van der Waals surface area contributed by atoms with Gasteiger partial charge in [-0.1, -0.05) is 24.6 Å². The number of amides is 3. The number of piperidine rings is 5. The number of hydrogen-bond acceptors (Lipinski definition) is 11. The third kappa shape index (κ3) is 8.89. The molecule has 5 saturated heterocycles. The summed E-state index contributed by atoms with van der Waals surface area (Å²) in [5.41, 5.74) is 6.50. The molecule has 3 aromatic heterocycles. The molecule has 8 aliphatic rings. The van der Waals surface area contributed by atoms with Gasteiger partial charge in [0.25, 0.3) is 0 Å². The first-order chi connectivity index (χ1) is 34.6. The predicted octanol–water partition coefficient (Wildman–Crippen LogP) is 7.12. The van der Waals surface area contributed by atoms with E-state index in [1.165, 1.54) is 37.7 Å². The molecule has 3 atom stereocenters. The first kappa shape index (κ1) is 46.9. The summed E-state index contributed by atoms with van der Waals surface area (Å²) in [7, 11) is 1.70. The van der Waals surface area contributed by atoms with Gasteiger partial charge in [-0.05, 0) is 152 Å². The molecule has 15 heteroatoms. The molecule has 2 saturated carbocycles. The van der Waals surface area contributed by atoms with E-state index in [1.807, 2.05) is 22.3 Å². The number of ether oxygens (including phenoxy) is 1. The van der Waals surface area contributed by atoms with Crippen LogP contribution in [-0.4, -0.2) is 149 Å². The van der Waals surface area contributed by atoms with Crippen molar-refractivity contribution in [2.24, 2.45) is 11.8 Å². The van der Waals surface area contributed by atoms with Crippen LogP contribution < -0.4 is 20.4 Å². The van der Waals surface area contributed by atoms with Gasteiger partial charge >= 0.3 is 0 Å². The monoisotopic (exact) mass is 966 g/mol. The Balaban J connectivity index is 0.742. The minimum Gasteiger partial charge on any atom is -0.380 e. The average Bonchev–Trinajstić information content (AvgIpc) is 4.07. The van der Waals surface area contributed by atoms with E-state index in [2.05, 4.69) is 80.1 Å². The molecule has 3 amide bonds. The first-order valence-corrected chi connectivity index (χ1v) is 27.5. The normalized spacial score (nSPS) is 27.4. The number of anilines is 3. The number of pyridine rings is 2. The van der Waals surface area contributed by atoms with Crippen LogP contribution >= 0.6 is 0 Å². The summed E-state index contributed by atoms with van der Waals surface area (Å²) >= 11 is 0. The molecular formula is C56H75N11O4. The fourth-order valence-electron chi connectivity index (χ4n) is 13.6. The topological polar surface area (TPSA) is 144 Å². The zero-order chi connectivity index (χ0) is 48.4. The molecular weight excluding hydrogens is 891 g/mol. The molecule has 71 heavy (non-hydrogen) atoms. The van der Waals surface area contributed by atoms with Crippen molar-refractivity contribution in [3.63, 3.8) is 0 Å². The number of nitrogens with zero attached hydrogens (tertiary/aromatic N) is 9. The Labute approximate surface area is 419 Å². The highest BCUT2D eigenvalue weighted by Crippen LogP contribution is 2.52. The van der Waals surface area contributed by atoms with Crippen molar-refractivity contribution in [1.29, 1.82) is 0 Å². The predicted molar refractivity (Wildman–Crippen MR) is 277 cm³/mol. The SMILES string of the molecule is COC1CC(C(=O)N2CCC3(CC2)C(=O)N(C2CC(N4CCCCC4)C2)c2cc(-c4cc5ncn(C(C)C)c5c(NC5CC5)n4)ccc23)CN(C(=O)C2CCN(c3ccc(C4CCCNC4)cn3)CC2)C1. The van der Waals surface area contributed by atoms with Gasteiger partial charge in [-0.25, -0.2) is 15.0 Å². The molecule has 7 fully saturated rings. The minimum atomic E-state index is -0.699. The second kappa shape index (κ2) is 19.4. The van der Waals surface area contributed by atoms with Gasteiger partial charge in [-0.2, -0.15) is 0 Å². The number of carbonyl (C=O) groups is 3. The minimum absolute atomic E-state index is 0.0750. The fourth-order valence-corrected chi connectivity index (χ4v) is 13.6. The lowest BCUT2D eigenvalue weighted by Gasteiger charge is -2.48. The largest absolute Gasteiger partial charge is 0.380 e. The molecule has 6 aliphatic heterocycles. The van der Waals surface area contributed by atoms with Gasteiger partial charge in [0.1, 0.15) is 11.3 Å². The Morgan fingerprint density at radius 1 is 0.817 bits per heavy atom. The Morgan fingerprint density at radius 2 is 1.61 bits per heavy atom. The lowest BCUT2D eigenvalue weighted by Crippen LogP contribution is -2.59. The van der Waals surface area contributed by atoms with E-state index in [9.17, 15) is 9.59 Å². The smallest absolute Gasteiger partial charge is 0.238 e. The van der Waals surface area contributed by atoms with Crippen molar-refractivity contribution < 1.29 is 19.1 Å². The number of methoxy groups -OCH3 is 1. The van der Waals surface area contributed by atoms with Crippen molar-refractivity contribution in [3.8, 4) is 11.3 Å². The summed E-state index contributed by atoms with van der Waals surface area (Å²) in [6, 6.07) is 14.4. The second-order valence-electron chi connectivity index (χ2n) is 22.9. The van der Waals surface area contributed by atoms with E-state index in [-0.39, 0.29) is 47.7 Å². The fraction of sp³-hybridized carbons (Fsp3) is 0.643. The number of fused-ring (bicyclic) bond motifs is 3. The number of nitrogens with one attached hydrogen (secondary N) is 2. The van der Waals surface area contributed by atoms with Crippen LogP contribution in [0.25, 0.3) is 22.3 Å². The summed E-state index contributed by atoms with van der Waals surface area (Å²) in [6.45, 7) is 12.3. The van der Waals surface area contributed by atoms with Crippen LogP contribution in [0, 0.1) is 11.8 Å². The van der Waals surface area contributed by atoms with Crippen LogP contribution in [0.2, 0.25) is 0 Å². The van der Waals surface area contributed by atoms with Crippen LogP contribution in [0.3, 0.4) is 0 Å². The van der Waals surface area contributed by atoms with Crippen molar-refractivity contribution in [1.82, 2.24) is 39.5 Å². The maximum absolute atomic E-state index is 15.3. The number of likely N-dealkylation sites (tertiary alicyclic amines) is 3. The molecule has 12 rings (SSSR count). The van der Waals surface area contributed by atoms with Gasteiger partial charge in [0, 0.05) is 100 Å². The van der Waals surface area contributed by atoms with Gasteiger partial charge in [0.15, 0.2) is 5.82 Å². The number of aromatic nitrogens is 4. The molecule has 0 bridgehead atoms. The van der Waals surface area contributed by atoms with Crippen LogP contribution in [0.5, 0.6) is 0 Å². The summed E-state index contributed by atoms with van der Waals surface area (Å²) in [5, 5.41) is 7.22. The molecule has 15 nitrogen and oxygen atoms in total. The Morgan fingerprint density at radius 3 is 2.31 bits per heavy atom. The van der Waals surface area contributed by atoms with Gasteiger partial charge in [-0.15, -0.1) is 0 Å². The summed E-state index contributed by atoms with van der Waals surface area (Å²) in [5.74, 6) is 2.35. The van der Waals surface area contributed by atoms with Crippen LogP contribution in [-0.2, 0) is 24.5 Å². The zero-order valence-corrected chi connectivity index (χ0v) is 42.4. The van der Waals surface area contributed by atoms with Crippen LogP contribution in [0.1, 0.15) is 127 Å².